The number of carbonyl (C=O) groups excluding carboxylic acids is 1. The number of nitrogens with zero attached hydrogens (tertiary/aromatic N) is 4. The summed E-state index contributed by atoms with van der Waals surface area (Å²) in [7, 11) is 0. The molecule has 98 valence electrons. The molecule has 0 saturated carbocycles. The zero-order chi connectivity index (χ0) is 12.5. The summed E-state index contributed by atoms with van der Waals surface area (Å²) in [4.78, 5) is 16.0. The van der Waals surface area contributed by atoms with Crippen LogP contribution >= 0.6 is 0 Å². The molecule has 2 fully saturated rings. The van der Waals surface area contributed by atoms with E-state index in [9.17, 15) is 4.79 Å². The van der Waals surface area contributed by atoms with Crippen LogP contribution in [0.1, 0.15) is 12.8 Å². The highest BCUT2D eigenvalue weighted by Crippen LogP contribution is 2.22. The zero-order valence-corrected chi connectivity index (χ0v) is 10.5. The summed E-state index contributed by atoms with van der Waals surface area (Å²) in [6.45, 7) is 4.68. The van der Waals surface area contributed by atoms with E-state index in [0.717, 1.165) is 45.6 Å². The Kier molecular flexibility index (Phi) is 2.95. The van der Waals surface area contributed by atoms with Crippen LogP contribution in [0.25, 0.3) is 0 Å². The Bertz CT molecular complexity index is 443. The van der Waals surface area contributed by atoms with Crippen LogP contribution in [0.5, 0.6) is 0 Å². The smallest absolute Gasteiger partial charge is 0.222 e. The number of nitrogen functional groups attached to an aromatic ring is 1. The van der Waals surface area contributed by atoms with Gasteiger partial charge in [0.2, 0.25) is 5.91 Å². The van der Waals surface area contributed by atoms with Gasteiger partial charge in [0.1, 0.15) is 5.82 Å². The number of rotatable bonds is 3. The van der Waals surface area contributed by atoms with E-state index in [2.05, 4.69) is 10.00 Å². The molecule has 3 rings (SSSR count). The van der Waals surface area contributed by atoms with Crippen LogP contribution in [0, 0.1) is 0 Å². The number of aromatic nitrogens is 2. The van der Waals surface area contributed by atoms with Gasteiger partial charge in [-0.2, -0.15) is 5.10 Å². The largest absolute Gasteiger partial charge is 0.382 e. The molecular weight excluding hydrogens is 230 g/mol. The minimum atomic E-state index is 0.333. The summed E-state index contributed by atoms with van der Waals surface area (Å²) in [5.41, 5.74) is 5.58. The van der Waals surface area contributed by atoms with Crippen LogP contribution in [0.3, 0.4) is 0 Å². The average Bonchev–Trinajstić information content (AvgIpc) is 2.94. The van der Waals surface area contributed by atoms with Crippen molar-refractivity contribution in [1.29, 1.82) is 0 Å². The highest BCUT2D eigenvalue weighted by molar-refractivity contribution is 5.78. The number of fused-ring (bicyclic) bond motifs is 1. The summed E-state index contributed by atoms with van der Waals surface area (Å²) in [6.07, 6.45) is 3.66. The number of hydrogen-bond acceptors (Lipinski definition) is 4. The minimum Gasteiger partial charge on any atom is -0.382 e. The SMILES string of the molecule is Nc1ccn(CCN2CCN3C(=O)CCC3C2)n1. The summed E-state index contributed by atoms with van der Waals surface area (Å²) in [5.74, 6) is 0.903. The summed E-state index contributed by atoms with van der Waals surface area (Å²) < 4.78 is 1.88. The Hall–Kier alpha value is -1.56. The normalized spacial score (nSPS) is 24.6. The average molecular weight is 249 g/mol. The number of carbonyl (C=O) groups is 1. The molecule has 1 aromatic heterocycles. The topological polar surface area (TPSA) is 67.4 Å². The van der Waals surface area contributed by atoms with Crippen molar-refractivity contribution in [3.63, 3.8) is 0 Å². The molecule has 0 spiro atoms. The third kappa shape index (κ3) is 2.20. The monoisotopic (exact) mass is 249 g/mol. The van der Waals surface area contributed by atoms with Crippen molar-refractivity contribution in [2.45, 2.75) is 25.4 Å². The first-order valence-corrected chi connectivity index (χ1v) is 6.53. The van der Waals surface area contributed by atoms with E-state index >= 15 is 0 Å². The van der Waals surface area contributed by atoms with Gasteiger partial charge in [-0.25, -0.2) is 0 Å². The van der Waals surface area contributed by atoms with Gasteiger partial charge < -0.3 is 10.6 Å². The first-order valence-electron chi connectivity index (χ1n) is 6.53. The van der Waals surface area contributed by atoms with Gasteiger partial charge in [-0.05, 0) is 12.5 Å². The predicted octanol–water partition coefficient (Wildman–Crippen LogP) is -0.228. The van der Waals surface area contributed by atoms with Crippen LogP contribution in [-0.2, 0) is 11.3 Å². The van der Waals surface area contributed by atoms with Crippen molar-refractivity contribution < 1.29 is 4.79 Å². The Balaban J connectivity index is 1.51. The van der Waals surface area contributed by atoms with Gasteiger partial charge in [0.05, 0.1) is 6.54 Å². The second kappa shape index (κ2) is 4.61. The Labute approximate surface area is 106 Å². The summed E-state index contributed by atoms with van der Waals surface area (Å²) >= 11 is 0. The van der Waals surface area contributed by atoms with Gasteiger partial charge in [0.25, 0.3) is 0 Å². The quantitative estimate of drug-likeness (QED) is 0.803. The standard InChI is InChI=1S/C12H19N5O/c13-11-3-4-16(14-11)7-5-15-6-8-17-10(9-15)1-2-12(17)18/h3-4,10H,1-2,5-9H2,(H2,13,14). The van der Waals surface area contributed by atoms with Crippen LogP contribution in [0.15, 0.2) is 12.3 Å². The molecule has 6 heteroatoms. The molecule has 1 unspecified atom stereocenters. The van der Waals surface area contributed by atoms with E-state index in [4.69, 9.17) is 5.73 Å². The molecule has 3 heterocycles. The van der Waals surface area contributed by atoms with Gasteiger partial charge in [-0.15, -0.1) is 0 Å². The molecule has 2 aliphatic rings. The molecule has 2 N–H and O–H groups in total. The lowest BCUT2D eigenvalue weighted by atomic mass is 10.1. The van der Waals surface area contributed by atoms with Crippen molar-refractivity contribution in [2.24, 2.45) is 0 Å². The maximum Gasteiger partial charge on any atom is 0.222 e. The van der Waals surface area contributed by atoms with Gasteiger partial charge in [0, 0.05) is 44.8 Å². The third-order valence-corrected chi connectivity index (χ3v) is 3.89. The first-order chi connectivity index (χ1) is 8.72. The Morgan fingerprint density at radius 2 is 2.28 bits per heavy atom. The molecule has 1 amide bonds. The van der Waals surface area contributed by atoms with Crippen LogP contribution in [0.2, 0.25) is 0 Å². The van der Waals surface area contributed by atoms with Gasteiger partial charge >= 0.3 is 0 Å². The van der Waals surface area contributed by atoms with Crippen molar-refractivity contribution in [3.8, 4) is 0 Å². The van der Waals surface area contributed by atoms with Crippen LogP contribution < -0.4 is 5.73 Å². The van der Waals surface area contributed by atoms with E-state index in [1.54, 1.807) is 0 Å². The molecule has 0 bridgehead atoms. The van der Waals surface area contributed by atoms with Crippen LogP contribution in [0.4, 0.5) is 5.82 Å². The van der Waals surface area contributed by atoms with Crippen molar-refractivity contribution >= 4 is 11.7 Å². The summed E-state index contributed by atoms with van der Waals surface area (Å²) in [5, 5.41) is 4.18. The lowest BCUT2D eigenvalue weighted by Crippen LogP contribution is -2.51. The minimum absolute atomic E-state index is 0.333. The predicted molar refractivity (Wildman–Crippen MR) is 67.8 cm³/mol. The van der Waals surface area contributed by atoms with Gasteiger partial charge in [-0.3, -0.25) is 14.4 Å². The number of nitrogens with two attached hydrogens (primary N) is 1. The van der Waals surface area contributed by atoms with E-state index in [1.165, 1.54) is 0 Å². The lowest BCUT2D eigenvalue weighted by Gasteiger charge is -2.37. The Morgan fingerprint density at radius 3 is 3.06 bits per heavy atom. The number of amides is 1. The van der Waals surface area contributed by atoms with E-state index in [-0.39, 0.29) is 0 Å². The number of hydrogen-bond donors (Lipinski definition) is 1. The highest BCUT2D eigenvalue weighted by Gasteiger charge is 2.35. The third-order valence-electron chi connectivity index (χ3n) is 3.89. The van der Waals surface area contributed by atoms with Crippen LogP contribution in [-0.4, -0.2) is 57.7 Å². The lowest BCUT2D eigenvalue weighted by molar-refractivity contribution is -0.130. The van der Waals surface area contributed by atoms with Gasteiger partial charge in [-0.1, -0.05) is 0 Å². The van der Waals surface area contributed by atoms with E-state index in [1.807, 2.05) is 21.8 Å². The molecule has 2 saturated heterocycles. The van der Waals surface area contributed by atoms with Crippen molar-refractivity contribution in [2.75, 3.05) is 31.9 Å². The second-order valence-corrected chi connectivity index (χ2v) is 5.08. The molecule has 0 radical (unpaired) electrons. The number of anilines is 1. The molecule has 18 heavy (non-hydrogen) atoms. The Morgan fingerprint density at radius 1 is 1.39 bits per heavy atom. The first kappa shape index (κ1) is 11.5. The number of piperazine rings is 1. The van der Waals surface area contributed by atoms with Gasteiger partial charge in [0.15, 0.2) is 0 Å². The second-order valence-electron chi connectivity index (χ2n) is 5.08. The van der Waals surface area contributed by atoms with Crippen molar-refractivity contribution in [1.82, 2.24) is 19.6 Å². The van der Waals surface area contributed by atoms with E-state index < -0.39 is 0 Å². The molecule has 0 aliphatic carbocycles. The maximum absolute atomic E-state index is 11.6. The molecule has 0 aromatic carbocycles. The zero-order valence-electron chi connectivity index (χ0n) is 10.5. The maximum atomic E-state index is 11.6. The fraction of sp³-hybridized carbons (Fsp3) is 0.667. The molecule has 2 aliphatic heterocycles. The van der Waals surface area contributed by atoms with Crippen molar-refractivity contribution in [3.05, 3.63) is 12.3 Å². The summed E-state index contributed by atoms with van der Waals surface area (Å²) in [6, 6.07) is 2.25. The molecular formula is C12H19N5O. The fourth-order valence-corrected chi connectivity index (χ4v) is 2.88. The fourth-order valence-electron chi connectivity index (χ4n) is 2.88. The van der Waals surface area contributed by atoms with E-state index in [0.29, 0.717) is 17.8 Å². The molecule has 1 aromatic rings. The molecule has 1 atom stereocenters. The highest BCUT2D eigenvalue weighted by atomic mass is 16.2. The molecule has 6 nitrogen and oxygen atoms in total.